The minimum absolute atomic E-state index is 0.267. The van der Waals surface area contributed by atoms with Crippen LogP contribution in [0.25, 0.3) is 0 Å². The fraction of sp³-hybridized carbons (Fsp3) is 0.357. The molecule has 0 amide bonds. The van der Waals surface area contributed by atoms with Crippen molar-refractivity contribution in [3.8, 4) is 11.5 Å². The molecule has 100 valence electrons. The maximum atomic E-state index is 12.8. The second-order valence-electron chi connectivity index (χ2n) is 4.71. The average molecular weight is 261 g/mol. The Balaban J connectivity index is 1.68. The van der Waals surface area contributed by atoms with Gasteiger partial charge in [-0.15, -0.1) is 0 Å². The van der Waals surface area contributed by atoms with Crippen molar-refractivity contribution in [3.05, 3.63) is 42.5 Å². The quantitative estimate of drug-likeness (QED) is 0.923. The molecule has 1 unspecified atom stereocenters. The molecule has 1 aromatic heterocycles. The van der Waals surface area contributed by atoms with Crippen LogP contribution in [0.15, 0.2) is 36.7 Å². The Hall–Kier alpha value is -1.88. The van der Waals surface area contributed by atoms with Crippen LogP contribution >= 0.6 is 0 Å². The minimum Gasteiger partial charge on any atom is -0.454 e. The Kier molecular flexibility index (Phi) is 3.46. The van der Waals surface area contributed by atoms with E-state index in [0.29, 0.717) is 17.5 Å². The molecule has 1 atom stereocenters. The van der Waals surface area contributed by atoms with Crippen LogP contribution in [0, 0.1) is 5.82 Å². The molecule has 0 spiro atoms. The highest BCUT2D eigenvalue weighted by molar-refractivity contribution is 5.28. The van der Waals surface area contributed by atoms with Gasteiger partial charge in [0.1, 0.15) is 11.6 Å². The summed E-state index contributed by atoms with van der Waals surface area (Å²) >= 11 is 0. The molecule has 2 heterocycles. The van der Waals surface area contributed by atoms with Gasteiger partial charge in [0.25, 0.3) is 0 Å². The normalized spacial score (nSPS) is 19.3. The Morgan fingerprint density at radius 2 is 2.11 bits per heavy atom. The summed E-state index contributed by atoms with van der Waals surface area (Å²) in [4.78, 5) is 0. The van der Waals surface area contributed by atoms with Crippen molar-refractivity contribution in [2.45, 2.75) is 18.9 Å². The number of halogens is 1. The number of hydrogen-bond donors (Lipinski definition) is 1. The van der Waals surface area contributed by atoms with Gasteiger partial charge in [0.2, 0.25) is 0 Å². The van der Waals surface area contributed by atoms with Crippen molar-refractivity contribution in [2.24, 2.45) is 0 Å². The van der Waals surface area contributed by atoms with Gasteiger partial charge in [-0.2, -0.15) is 5.10 Å². The molecule has 5 heteroatoms. The molecule has 1 saturated heterocycles. The molecule has 2 aromatic rings. The van der Waals surface area contributed by atoms with Crippen LogP contribution in [0.1, 0.15) is 18.9 Å². The number of benzene rings is 1. The van der Waals surface area contributed by atoms with E-state index in [4.69, 9.17) is 4.74 Å². The smallest absolute Gasteiger partial charge is 0.165 e. The molecule has 3 rings (SSSR count). The first-order valence-electron chi connectivity index (χ1n) is 6.49. The fourth-order valence-corrected chi connectivity index (χ4v) is 2.27. The first-order chi connectivity index (χ1) is 9.31. The molecule has 0 bridgehead atoms. The van der Waals surface area contributed by atoms with E-state index < -0.39 is 0 Å². The van der Waals surface area contributed by atoms with E-state index in [1.165, 1.54) is 18.6 Å². The zero-order valence-corrected chi connectivity index (χ0v) is 10.6. The molecule has 0 aliphatic carbocycles. The molecule has 0 radical (unpaired) electrons. The molecule has 0 saturated carbocycles. The number of ether oxygens (including phenoxy) is 1. The molecule has 1 fully saturated rings. The predicted molar refractivity (Wildman–Crippen MR) is 69.8 cm³/mol. The summed E-state index contributed by atoms with van der Waals surface area (Å²) in [6.45, 7) is 2.02. The Morgan fingerprint density at radius 3 is 2.84 bits per heavy atom. The Labute approximate surface area is 111 Å². The van der Waals surface area contributed by atoms with E-state index in [9.17, 15) is 4.39 Å². The average Bonchev–Trinajstić information content (AvgIpc) is 2.91. The maximum Gasteiger partial charge on any atom is 0.165 e. The summed E-state index contributed by atoms with van der Waals surface area (Å²) in [7, 11) is 0. The lowest BCUT2D eigenvalue weighted by atomic mass is 10.1. The first kappa shape index (κ1) is 12.2. The van der Waals surface area contributed by atoms with Crippen LogP contribution in [-0.4, -0.2) is 22.9 Å². The van der Waals surface area contributed by atoms with Crippen molar-refractivity contribution < 1.29 is 9.13 Å². The Morgan fingerprint density at radius 1 is 1.26 bits per heavy atom. The number of rotatable bonds is 3. The number of nitrogens with one attached hydrogen (secondary N) is 1. The molecule has 1 aliphatic rings. The van der Waals surface area contributed by atoms with E-state index in [-0.39, 0.29) is 5.82 Å². The highest BCUT2D eigenvalue weighted by atomic mass is 19.1. The van der Waals surface area contributed by atoms with Crippen molar-refractivity contribution in [3.63, 3.8) is 0 Å². The van der Waals surface area contributed by atoms with Crippen molar-refractivity contribution in [1.29, 1.82) is 0 Å². The fourth-order valence-electron chi connectivity index (χ4n) is 2.27. The maximum absolute atomic E-state index is 12.8. The van der Waals surface area contributed by atoms with Crippen LogP contribution in [0.2, 0.25) is 0 Å². The summed E-state index contributed by atoms with van der Waals surface area (Å²) in [5.74, 6) is 1.02. The lowest BCUT2D eigenvalue weighted by Gasteiger charge is -2.22. The van der Waals surface area contributed by atoms with Crippen LogP contribution < -0.4 is 10.1 Å². The van der Waals surface area contributed by atoms with E-state index in [1.54, 1.807) is 18.3 Å². The van der Waals surface area contributed by atoms with Gasteiger partial charge < -0.3 is 10.1 Å². The van der Waals surface area contributed by atoms with E-state index >= 15 is 0 Å². The second-order valence-corrected chi connectivity index (χ2v) is 4.71. The van der Waals surface area contributed by atoms with Crippen molar-refractivity contribution in [1.82, 2.24) is 15.1 Å². The highest BCUT2D eigenvalue weighted by Crippen LogP contribution is 2.23. The summed E-state index contributed by atoms with van der Waals surface area (Å²) in [5, 5.41) is 7.69. The number of nitrogens with zero attached hydrogens (tertiary/aromatic N) is 2. The minimum atomic E-state index is -0.267. The molecular weight excluding hydrogens is 245 g/mol. The van der Waals surface area contributed by atoms with Gasteiger partial charge in [-0.1, -0.05) is 0 Å². The highest BCUT2D eigenvalue weighted by Gasteiger charge is 2.15. The Bertz CT molecular complexity index is 532. The first-order valence-corrected chi connectivity index (χ1v) is 6.49. The lowest BCUT2D eigenvalue weighted by Crippen LogP contribution is -2.31. The van der Waals surface area contributed by atoms with Gasteiger partial charge in [-0.05, 0) is 43.7 Å². The van der Waals surface area contributed by atoms with Crippen LogP contribution in [0.3, 0.4) is 0 Å². The molecule has 1 aliphatic heterocycles. The largest absolute Gasteiger partial charge is 0.454 e. The third-order valence-electron chi connectivity index (χ3n) is 3.27. The standard InChI is InChI=1S/C14H16FN3O/c15-11-3-5-13(6-4-11)19-14-9-17-18(10-14)12-2-1-7-16-8-12/h3-6,9-10,12,16H,1-2,7-8H2. The number of piperidine rings is 1. The molecule has 1 aromatic carbocycles. The molecular formula is C14H16FN3O. The molecule has 1 N–H and O–H groups in total. The third-order valence-corrected chi connectivity index (χ3v) is 3.27. The summed E-state index contributed by atoms with van der Waals surface area (Å²) in [6.07, 6.45) is 5.88. The third kappa shape index (κ3) is 2.93. The molecule has 4 nitrogen and oxygen atoms in total. The topological polar surface area (TPSA) is 39.1 Å². The SMILES string of the molecule is Fc1ccc(Oc2cnn(C3CCCNC3)c2)cc1. The van der Waals surface area contributed by atoms with Crippen LogP contribution in [0.5, 0.6) is 11.5 Å². The second kappa shape index (κ2) is 5.40. The number of hydrogen-bond acceptors (Lipinski definition) is 3. The van der Waals surface area contributed by atoms with Gasteiger partial charge in [0.05, 0.1) is 18.4 Å². The lowest BCUT2D eigenvalue weighted by molar-refractivity contribution is 0.345. The van der Waals surface area contributed by atoms with E-state index in [2.05, 4.69) is 10.4 Å². The van der Waals surface area contributed by atoms with E-state index in [0.717, 1.165) is 19.5 Å². The van der Waals surface area contributed by atoms with Crippen LogP contribution in [0.4, 0.5) is 4.39 Å². The summed E-state index contributed by atoms with van der Waals surface area (Å²) in [6, 6.07) is 6.36. The summed E-state index contributed by atoms with van der Waals surface area (Å²) < 4.78 is 20.4. The van der Waals surface area contributed by atoms with Crippen LogP contribution in [-0.2, 0) is 0 Å². The van der Waals surface area contributed by atoms with Gasteiger partial charge in [0, 0.05) is 6.54 Å². The number of aromatic nitrogens is 2. The monoisotopic (exact) mass is 261 g/mol. The van der Waals surface area contributed by atoms with Gasteiger partial charge in [-0.25, -0.2) is 4.39 Å². The van der Waals surface area contributed by atoms with Gasteiger partial charge in [0.15, 0.2) is 5.75 Å². The zero-order valence-electron chi connectivity index (χ0n) is 10.6. The predicted octanol–water partition coefficient (Wildman–Crippen LogP) is 2.74. The van der Waals surface area contributed by atoms with Gasteiger partial charge >= 0.3 is 0 Å². The van der Waals surface area contributed by atoms with Gasteiger partial charge in [-0.3, -0.25) is 4.68 Å². The molecule has 19 heavy (non-hydrogen) atoms. The van der Waals surface area contributed by atoms with Crippen molar-refractivity contribution >= 4 is 0 Å². The van der Waals surface area contributed by atoms with Crippen molar-refractivity contribution in [2.75, 3.05) is 13.1 Å². The summed E-state index contributed by atoms with van der Waals surface area (Å²) in [5.41, 5.74) is 0. The van der Waals surface area contributed by atoms with E-state index in [1.807, 2.05) is 10.9 Å². The zero-order chi connectivity index (χ0) is 13.1.